The Kier molecular flexibility index (Phi) is 6.88. The molecular weight excluding hydrogens is 380 g/mol. The van der Waals surface area contributed by atoms with E-state index < -0.39 is 0 Å². The maximum atomic E-state index is 12.7. The quantitative estimate of drug-likeness (QED) is 0.473. The van der Waals surface area contributed by atoms with Crippen LogP contribution in [-0.2, 0) is 4.74 Å². The van der Waals surface area contributed by atoms with Crippen LogP contribution in [0.4, 0.5) is 5.00 Å². The fraction of sp³-hybridized carbons (Fsp3) is 0.625. The number of anilines is 1. The van der Waals surface area contributed by atoms with Gasteiger partial charge in [0.05, 0.1) is 11.6 Å². The summed E-state index contributed by atoms with van der Waals surface area (Å²) >= 11 is 1.68. The zero-order valence-corrected chi connectivity index (χ0v) is 18.4. The summed E-state index contributed by atoms with van der Waals surface area (Å²) < 4.78 is 6.71. The molecule has 0 bridgehead atoms. The number of nitrogens with two attached hydrogens (primary N) is 1. The number of rotatable bonds is 7. The third-order valence-corrected chi connectivity index (χ3v) is 7.69. The van der Waals surface area contributed by atoms with Crippen LogP contribution < -0.4 is 5.73 Å². The molecule has 3 heterocycles. The molecule has 4 nitrogen and oxygen atoms in total. The van der Waals surface area contributed by atoms with Crippen molar-refractivity contribution in [2.24, 2.45) is 0 Å². The second-order valence-electron chi connectivity index (χ2n) is 8.62. The second-order valence-corrected chi connectivity index (χ2v) is 9.71. The van der Waals surface area contributed by atoms with E-state index in [4.69, 9.17) is 10.5 Å². The van der Waals surface area contributed by atoms with Crippen LogP contribution in [0.1, 0.15) is 80.1 Å². The zero-order valence-electron chi connectivity index (χ0n) is 17.6. The van der Waals surface area contributed by atoms with Gasteiger partial charge in [-0.15, -0.1) is 11.3 Å². The lowest BCUT2D eigenvalue weighted by molar-refractivity contribution is 0.0879. The second kappa shape index (κ2) is 9.59. The van der Waals surface area contributed by atoms with E-state index in [1.165, 1.54) is 67.3 Å². The molecule has 2 aliphatic heterocycles. The Morgan fingerprint density at radius 2 is 2.07 bits per heavy atom. The van der Waals surface area contributed by atoms with Crippen LogP contribution in [0.3, 0.4) is 0 Å². The monoisotopic (exact) mass is 414 g/mol. The fourth-order valence-corrected chi connectivity index (χ4v) is 6.15. The van der Waals surface area contributed by atoms with Crippen LogP contribution >= 0.6 is 11.3 Å². The summed E-state index contributed by atoms with van der Waals surface area (Å²) in [7, 11) is 0. The van der Waals surface area contributed by atoms with Gasteiger partial charge in [0.15, 0.2) is 5.78 Å². The molecule has 1 aromatic carbocycles. The van der Waals surface area contributed by atoms with Gasteiger partial charge in [-0.3, -0.25) is 4.79 Å². The van der Waals surface area contributed by atoms with E-state index in [1.54, 1.807) is 11.3 Å². The van der Waals surface area contributed by atoms with Crippen LogP contribution in [0.15, 0.2) is 18.2 Å². The van der Waals surface area contributed by atoms with E-state index >= 15 is 0 Å². The molecule has 0 saturated carbocycles. The Labute approximate surface area is 178 Å². The molecule has 0 amide bonds. The minimum atomic E-state index is 0.164. The third-order valence-electron chi connectivity index (χ3n) is 6.67. The Balaban J connectivity index is 1.54. The van der Waals surface area contributed by atoms with Crippen molar-refractivity contribution in [2.45, 2.75) is 70.3 Å². The molecule has 2 aromatic rings. The van der Waals surface area contributed by atoms with E-state index in [9.17, 15) is 4.79 Å². The molecule has 1 aromatic heterocycles. The average molecular weight is 415 g/mol. The van der Waals surface area contributed by atoms with Gasteiger partial charge in [0.1, 0.15) is 0 Å². The van der Waals surface area contributed by atoms with Crippen molar-refractivity contribution in [1.29, 1.82) is 0 Å². The Morgan fingerprint density at radius 1 is 1.17 bits per heavy atom. The number of ketones is 1. The fourth-order valence-electron chi connectivity index (χ4n) is 5.12. The van der Waals surface area contributed by atoms with Crippen molar-refractivity contribution in [2.75, 3.05) is 32.0 Å². The zero-order chi connectivity index (χ0) is 20.2. The molecule has 2 saturated heterocycles. The van der Waals surface area contributed by atoms with Crippen molar-refractivity contribution in [3.63, 3.8) is 0 Å². The summed E-state index contributed by atoms with van der Waals surface area (Å²) in [5.74, 6) is 0.671. The first kappa shape index (κ1) is 20.8. The van der Waals surface area contributed by atoms with Gasteiger partial charge < -0.3 is 15.4 Å². The minimum absolute atomic E-state index is 0.164. The first-order valence-electron chi connectivity index (χ1n) is 11.3. The number of hydrogen-bond acceptors (Lipinski definition) is 5. The number of fused-ring (bicyclic) bond motifs is 2. The van der Waals surface area contributed by atoms with E-state index in [0.717, 1.165) is 29.6 Å². The number of ether oxygens (including phenoxy) is 1. The number of carbonyl (C=O) groups excluding carboxylic acids is 1. The van der Waals surface area contributed by atoms with Crippen molar-refractivity contribution in [3.05, 3.63) is 29.3 Å². The molecule has 0 radical (unpaired) electrons. The third kappa shape index (κ3) is 4.68. The van der Waals surface area contributed by atoms with Gasteiger partial charge in [0.25, 0.3) is 0 Å². The van der Waals surface area contributed by atoms with Crippen molar-refractivity contribution >= 4 is 32.2 Å². The minimum Gasteiger partial charge on any atom is -0.390 e. The molecule has 158 valence electrons. The number of nitrogen functional groups attached to an aromatic ring is 1. The van der Waals surface area contributed by atoms with E-state index in [1.807, 2.05) is 6.07 Å². The van der Waals surface area contributed by atoms with Crippen LogP contribution in [0.2, 0.25) is 0 Å². The van der Waals surface area contributed by atoms with E-state index in [-0.39, 0.29) is 5.78 Å². The van der Waals surface area contributed by atoms with Gasteiger partial charge >= 0.3 is 0 Å². The molecular formula is C24H34N2O2S. The normalized spacial score (nSPS) is 23.1. The molecule has 2 aliphatic rings. The number of thiophene rings is 1. The summed E-state index contributed by atoms with van der Waals surface area (Å²) in [6, 6.07) is 6.90. The number of benzene rings is 1. The van der Waals surface area contributed by atoms with Crippen LogP contribution in [0.25, 0.3) is 10.1 Å². The topological polar surface area (TPSA) is 55.6 Å². The highest BCUT2D eigenvalue weighted by Crippen LogP contribution is 2.44. The van der Waals surface area contributed by atoms with Gasteiger partial charge in [-0.2, -0.15) is 0 Å². The molecule has 2 unspecified atom stereocenters. The summed E-state index contributed by atoms with van der Waals surface area (Å²) in [6.45, 7) is 5.74. The molecule has 5 heteroatoms. The van der Waals surface area contributed by atoms with Crippen LogP contribution in [0, 0.1) is 0 Å². The van der Waals surface area contributed by atoms with Crippen LogP contribution in [-0.4, -0.2) is 43.0 Å². The number of piperidine rings is 1. The van der Waals surface area contributed by atoms with Crippen LogP contribution in [0.5, 0.6) is 0 Å². The standard InChI is InChI=1S/C24H34N2O2S/c1-2-14-28-15-11-21(27)18-7-9-22-20(16-18)23(24(25)29-22)17-6-8-19-5-3-4-12-26(19)13-10-17/h7,9,16-17,19H,2-6,8,10-15,25H2,1H3. The summed E-state index contributed by atoms with van der Waals surface area (Å²) in [5, 5.41) is 2.15. The molecule has 4 rings (SSSR count). The Hall–Kier alpha value is -1.43. The number of carbonyl (C=O) groups is 1. The predicted molar refractivity (Wildman–Crippen MR) is 122 cm³/mol. The van der Waals surface area contributed by atoms with E-state index in [2.05, 4.69) is 24.0 Å². The highest BCUT2D eigenvalue weighted by molar-refractivity contribution is 7.22. The maximum Gasteiger partial charge on any atom is 0.165 e. The predicted octanol–water partition coefficient (Wildman–Crippen LogP) is 5.60. The largest absolute Gasteiger partial charge is 0.390 e. The number of hydrogen-bond donors (Lipinski definition) is 1. The lowest BCUT2D eigenvalue weighted by Gasteiger charge is -2.33. The molecule has 29 heavy (non-hydrogen) atoms. The SMILES string of the molecule is CCCOCCC(=O)c1ccc2sc(N)c(C3CCC4CCCCN4CC3)c2c1. The number of Topliss-reactive ketones (excluding diaryl/α,β-unsaturated/α-hetero) is 1. The van der Waals surface area contributed by atoms with Crippen molar-refractivity contribution in [3.8, 4) is 0 Å². The summed E-state index contributed by atoms with van der Waals surface area (Å²) in [4.78, 5) is 15.4. The molecule has 2 atom stereocenters. The van der Waals surface area contributed by atoms with Crippen molar-refractivity contribution in [1.82, 2.24) is 4.90 Å². The molecule has 0 aliphatic carbocycles. The average Bonchev–Trinajstić information content (AvgIpc) is 2.92. The number of nitrogens with zero attached hydrogens (tertiary/aromatic N) is 1. The van der Waals surface area contributed by atoms with Gasteiger partial charge in [-0.25, -0.2) is 0 Å². The van der Waals surface area contributed by atoms with Gasteiger partial charge in [-0.1, -0.05) is 13.3 Å². The van der Waals surface area contributed by atoms with Gasteiger partial charge in [0.2, 0.25) is 0 Å². The molecule has 2 fully saturated rings. The van der Waals surface area contributed by atoms with Gasteiger partial charge in [0, 0.05) is 29.3 Å². The summed E-state index contributed by atoms with van der Waals surface area (Å²) in [5.41, 5.74) is 8.62. The van der Waals surface area contributed by atoms with Crippen molar-refractivity contribution < 1.29 is 9.53 Å². The molecule has 2 N–H and O–H groups in total. The lowest BCUT2D eigenvalue weighted by Crippen LogP contribution is -2.38. The highest BCUT2D eigenvalue weighted by atomic mass is 32.1. The summed E-state index contributed by atoms with van der Waals surface area (Å²) in [6.07, 6.45) is 9.16. The highest BCUT2D eigenvalue weighted by Gasteiger charge is 2.30. The van der Waals surface area contributed by atoms with Gasteiger partial charge in [-0.05, 0) is 86.7 Å². The Bertz CT molecular complexity index is 831. The smallest absolute Gasteiger partial charge is 0.165 e. The maximum absolute atomic E-state index is 12.7. The first-order chi connectivity index (χ1) is 14.2. The first-order valence-corrected chi connectivity index (χ1v) is 12.2. The molecule has 0 spiro atoms. The lowest BCUT2D eigenvalue weighted by atomic mass is 9.89. The Morgan fingerprint density at radius 3 is 2.93 bits per heavy atom. The van der Waals surface area contributed by atoms with E-state index in [0.29, 0.717) is 18.9 Å².